The SMILES string of the molecule is CC12CC3CC(C1)CC(C(=O)NC1CCC(NC(=O)C45CC6CC(CC(C)(C6)C4)C5)CC1)(C3)C2. The van der Waals surface area contributed by atoms with Gasteiger partial charge in [0, 0.05) is 12.1 Å². The molecule has 0 saturated heterocycles. The molecule has 2 N–H and O–H groups in total. The average molecular weight is 467 g/mol. The number of rotatable bonds is 4. The highest BCUT2D eigenvalue weighted by atomic mass is 16.2. The second kappa shape index (κ2) is 7.25. The Balaban J connectivity index is 0.944. The molecule has 4 atom stereocenters. The van der Waals surface area contributed by atoms with Crippen molar-refractivity contribution in [1.82, 2.24) is 10.6 Å². The third-order valence-electron chi connectivity index (χ3n) is 12.1. The van der Waals surface area contributed by atoms with Gasteiger partial charge in [0.1, 0.15) is 0 Å². The van der Waals surface area contributed by atoms with Crippen LogP contribution in [-0.4, -0.2) is 23.9 Å². The third-order valence-corrected chi connectivity index (χ3v) is 12.1. The molecule has 9 fully saturated rings. The van der Waals surface area contributed by atoms with Crippen molar-refractivity contribution in [2.75, 3.05) is 0 Å². The first-order chi connectivity index (χ1) is 16.1. The highest BCUT2D eigenvalue weighted by molar-refractivity contribution is 5.84. The lowest BCUT2D eigenvalue weighted by Crippen LogP contribution is -2.59. The fourth-order valence-corrected chi connectivity index (χ4v) is 12.0. The van der Waals surface area contributed by atoms with Gasteiger partial charge in [-0.3, -0.25) is 9.59 Å². The summed E-state index contributed by atoms with van der Waals surface area (Å²) in [5.74, 6) is 3.90. The summed E-state index contributed by atoms with van der Waals surface area (Å²) in [6, 6.07) is 0.611. The Kier molecular flexibility index (Phi) is 4.73. The standard InChI is InChI=1S/C30H46N2O2/c1-27-9-19-7-20(10-27)14-29(13-19,17-27)25(33)31-23-3-5-24(6-4-23)32-26(34)30-15-21-8-22(16-30)12-28(2,11-21)18-30/h19-24H,3-18H2,1-2H3,(H,31,33)(H,32,34). The van der Waals surface area contributed by atoms with Crippen LogP contribution in [0.3, 0.4) is 0 Å². The number of amides is 2. The Hall–Kier alpha value is -1.06. The van der Waals surface area contributed by atoms with E-state index < -0.39 is 0 Å². The minimum absolute atomic E-state index is 0.0709. The molecule has 0 heterocycles. The molecule has 4 unspecified atom stereocenters. The van der Waals surface area contributed by atoms with Gasteiger partial charge in [-0.05, 0) is 137 Å². The van der Waals surface area contributed by atoms with Gasteiger partial charge >= 0.3 is 0 Å². The second-order valence-electron chi connectivity index (χ2n) is 15.6. The van der Waals surface area contributed by atoms with E-state index in [4.69, 9.17) is 0 Å². The van der Waals surface area contributed by atoms with E-state index in [1.807, 2.05) is 0 Å². The zero-order chi connectivity index (χ0) is 23.3. The molecule has 0 aromatic carbocycles. The lowest BCUT2D eigenvalue weighted by molar-refractivity contribution is -0.157. The Morgan fingerprint density at radius 2 is 0.882 bits per heavy atom. The van der Waals surface area contributed by atoms with Gasteiger partial charge in [-0.15, -0.1) is 0 Å². The zero-order valence-corrected chi connectivity index (χ0v) is 21.6. The Labute approximate surface area is 206 Å². The molecule has 8 bridgehead atoms. The van der Waals surface area contributed by atoms with Gasteiger partial charge in [0.2, 0.25) is 11.8 Å². The van der Waals surface area contributed by atoms with Crippen LogP contribution < -0.4 is 10.6 Å². The van der Waals surface area contributed by atoms with E-state index in [0.717, 1.165) is 87.9 Å². The minimum atomic E-state index is -0.0709. The first-order valence-electron chi connectivity index (χ1n) is 14.8. The monoisotopic (exact) mass is 466 g/mol. The highest BCUT2D eigenvalue weighted by Crippen LogP contribution is 2.66. The van der Waals surface area contributed by atoms with E-state index in [1.165, 1.54) is 38.5 Å². The van der Waals surface area contributed by atoms with E-state index >= 15 is 0 Å². The lowest BCUT2D eigenvalue weighted by atomic mass is 9.44. The van der Waals surface area contributed by atoms with Gasteiger partial charge in [0.05, 0.1) is 10.8 Å². The summed E-state index contributed by atoms with van der Waals surface area (Å²) in [6.07, 6.45) is 19.0. The molecule has 9 rings (SSSR count). The Bertz CT molecular complexity index is 786. The average Bonchev–Trinajstić information content (AvgIpc) is 2.71. The fraction of sp³-hybridized carbons (Fsp3) is 0.933. The molecule has 9 saturated carbocycles. The maximum atomic E-state index is 13.6. The molecule has 9 aliphatic rings. The van der Waals surface area contributed by atoms with Crippen molar-refractivity contribution in [1.29, 1.82) is 0 Å². The normalized spacial score (nSPS) is 54.8. The fourth-order valence-electron chi connectivity index (χ4n) is 12.0. The molecule has 4 nitrogen and oxygen atoms in total. The number of nitrogens with one attached hydrogen (secondary N) is 2. The minimum Gasteiger partial charge on any atom is -0.353 e. The van der Waals surface area contributed by atoms with Gasteiger partial charge in [0.25, 0.3) is 0 Å². The van der Waals surface area contributed by atoms with Gasteiger partial charge in [-0.25, -0.2) is 0 Å². The van der Waals surface area contributed by atoms with Crippen molar-refractivity contribution in [3.8, 4) is 0 Å². The maximum Gasteiger partial charge on any atom is 0.226 e. The molecular weight excluding hydrogens is 420 g/mol. The smallest absolute Gasteiger partial charge is 0.226 e. The summed E-state index contributed by atoms with van der Waals surface area (Å²) in [4.78, 5) is 27.2. The van der Waals surface area contributed by atoms with Crippen molar-refractivity contribution < 1.29 is 9.59 Å². The van der Waals surface area contributed by atoms with E-state index in [1.54, 1.807) is 0 Å². The topological polar surface area (TPSA) is 58.2 Å². The van der Waals surface area contributed by atoms with E-state index in [9.17, 15) is 9.59 Å². The number of carbonyl (C=O) groups excluding carboxylic acids is 2. The van der Waals surface area contributed by atoms with Crippen LogP contribution in [0, 0.1) is 45.3 Å². The van der Waals surface area contributed by atoms with E-state index in [2.05, 4.69) is 24.5 Å². The molecule has 0 spiro atoms. The van der Waals surface area contributed by atoms with Crippen LogP contribution in [0.15, 0.2) is 0 Å². The quantitative estimate of drug-likeness (QED) is 0.555. The van der Waals surface area contributed by atoms with Crippen molar-refractivity contribution >= 4 is 11.8 Å². The molecule has 0 aromatic heterocycles. The van der Waals surface area contributed by atoms with Crippen LogP contribution in [0.1, 0.15) is 117 Å². The summed E-state index contributed by atoms with van der Waals surface area (Å²) in [5, 5.41) is 7.06. The second-order valence-corrected chi connectivity index (χ2v) is 15.6. The summed E-state index contributed by atoms with van der Waals surface area (Å²) >= 11 is 0. The van der Waals surface area contributed by atoms with Crippen molar-refractivity contribution in [2.24, 2.45) is 45.3 Å². The molecule has 9 aliphatic carbocycles. The zero-order valence-electron chi connectivity index (χ0n) is 21.6. The number of carbonyl (C=O) groups is 2. The largest absolute Gasteiger partial charge is 0.353 e. The van der Waals surface area contributed by atoms with Gasteiger partial charge < -0.3 is 10.6 Å². The molecule has 0 radical (unpaired) electrons. The molecule has 34 heavy (non-hydrogen) atoms. The van der Waals surface area contributed by atoms with Gasteiger partial charge in [-0.2, -0.15) is 0 Å². The lowest BCUT2D eigenvalue weighted by Gasteiger charge is -2.60. The number of hydrogen-bond acceptors (Lipinski definition) is 2. The first-order valence-corrected chi connectivity index (χ1v) is 14.8. The van der Waals surface area contributed by atoms with Crippen LogP contribution in [0.2, 0.25) is 0 Å². The molecule has 2 amide bonds. The van der Waals surface area contributed by atoms with Crippen molar-refractivity contribution in [3.63, 3.8) is 0 Å². The molecule has 188 valence electrons. The number of hydrogen-bond donors (Lipinski definition) is 2. The van der Waals surface area contributed by atoms with Crippen molar-refractivity contribution in [3.05, 3.63) is 0 Å². The van der Waals surface area contributed by atoms with E-state index in [0.29, 0.717) is 34.7 Å². The summed E-state index contributed by atoms with van der Waals surface area (Å²) < 4.78 is 0. The van der Waals surface area contributed by atoms with Crippen LogP contribution in [0.5, 0.6) is 0 Å². The maximum absolute atomic E-state index is 13.6. The van der Waals surface area contributed by atoms with Gasteiger partial charge in [-0.1, -0.05) is 13.8 Å². The molecule has 4 heteroatoms. The predicted molar refractivity (Wildman–Crippen MR) is 133 cm³/mol. The van der Waals surface area contributed by atoms with Crippen LogP contribution in [-0.2, 0) is 9.59 Å². The van der Waals surface area contributed by atoms with Crippen LogP contribution >= 0.6 is 0 Å². The molecule has 0 aliphatic heterocycles. The van der Waals surface area contributed by atoms with Crippen LogP contribution in [0.4, 0.5) is 0 Å². The highest BCUT2D eigenvalue weighted by Gasteiger charge is 2.60. The van der Waals surface area contributed by atoms with Gasteiger partial charge in [0.15, 0.2) is 0 Å². The first kappa shape index (κ1) is 22.2. The summed E-state index contributed by atoms with van der Waals surface area (Å²) in [7, 11) is 0. The molecular formula is C30H46N2O2. The van der Waals surface area contributed by atoms with Crippen LogP contribution in [0.25, 0.3) is 0 Å². The summed E-state index contributed by atoms with van der Waals surface area (Å²) in [6.45, 7) is 4.90. The molecule has 0 aromatic rings. The predicted octanol–water partition coefficient (Wildman–Crippen LogP) is 5.74. The van der Waals surface area contributed by atoms with Crippen molar-refractivity contribution in [2.45, 2.75) is 129 Å². The third kappa shape index (κ3) is 3.51. The Morgan fingerprint density at radius 1 is 0.559 bits per heavy atom. The Morgan fingerprint density at radius 3 is 1.18 bits per heavy atom. The summed E-state index contributed by atoms with van der Waals surface area (Å²) in [5.41, 5.74) is 0.687. The van der Waals surface area contributed by atoms with E-state index in [-0.39, 0.29) is 10.8 Å².